The maximum atomic E-state index is 12.4. The summed E-state index contributed by atoms with van der Waals surface area (Å²) in [6.07, 6.45) is 3.88. The number of hydrogen-bond acceptors (Lipinski definition) is 8. The smallest absolute Gasteiger partial charge is 0.225 e. The molecular weight excluding hydrogens is 420 g/mol. The van der Waals surface area contributed by atoms with E-state index in [9.17, 15) is 4.79 Å². The van der Waals surface area contributed by atoms with Gasteiger partial charge in [0.05, 0.1) is 24.4 Å². The second-order valence-electron chi connectivity index (χ2n) is 7.96. The number of methoxy groups -OCH3 is 1. The minimum absolute atomic E-state index is 0.0581. The lowest BCUT2D eigenvalue weighted by molar-refractivity contribution is -0.134. The molecule has 3 heterocycles. The van der Waals surface area contributed by atoms with Gasteiger partial charge in [0, 0.05) is 50.8 Å². The van der Waals surface area contributed by atoms with E-state index < -0.39 is 0 Å². The van der Waals surface area contributed by atoms with Gasteiger partial charge in [-0.15, -0.1) is 0 Å². The van der Waals surface area contributed by atoms with Crippen LogP contribution in [0.4, 0.5) is 11.5 Å². The Morgan fingerprint density at radius 1 is 1.29 bits per heavy atom. The number of piperazine rings is 1. The molecule has 4 rings (SSSR count). The molecular formula is C21H27ClN6O3. The van der Waals surface area contributed by atoms with Crippen molar-refractivity contribution in [2.45, 2.75) is 38.1 Å². The molecule has 2 N–H and O–H groups in total. The average Bonchev–Trinajstić information content (AvgIpc) is 3.57. The Morgan fingerprint density at radius 2 is 2.10 bits per heavy atom. The Balaban J connectivity index is 1.53. The normalized spacial score (nSPS) is 18.9. The van der Waals surface area contributed by atoms with Crippen LogP contribution in [-0.2, 0) is 9.53 Å². The van der Waals surface area contributed by atoms with Crippen LogP contribution in [0.3, 0.4) is 0 Å². The third-order valence-electron chi connectivity index (χ3n) is 5.58. The molecule has 1 saturated heterocycles. The first-order valence-electron chi connectivity index (χ1n) is 10.5. The van der Waals surface area contributed by atoms with Gasteiger partial charge >= 0.3 is 0 Å². The molecule has 2 aromatic rings. The lowest BCUT2D eigenvalue weighted by atomic mass is 10.1. The van der Waals surface area contributed by atoms with Gasteiger partial charge in [0.1, 0.15) is 11.5 Å². The summed E-state index contributed by atoms with van der Waals surface area (Å²) >= 11 is 5.95. The van der Waals surface area contributed by atoms with Gasteiger partial charge in [-0.25, -0.2) is 15.0 Å². The Hall–Kier alpha value is -2.65. The standard InChI is InChI=1S/C21H27ClN6O3/c1-13-11-27(6-7-28(13)19(29)5-8-30-2)21-15(23)9-16(20(26-21)14-3-4-14)31-18-10-17(22)24-12-25-18/h9-10,12-14H,3-8,11,23H2,1-2H3/t13-/m1/s1. The first-order chi connectivity index (χ1) is 15.0. The summed E-state index contributed by atoms with van der Waals surface area (Å²) in [7, 11) is 1.60. The molecule has 0 spiro atoms. The molecule has 0 radical (unpaired) electrons. The number of hydrogen-bond donors (Lipinski definition) is 1. The number of carbonyl (C=O) groups is 1. The molecule has 9 nitrogen and oxygen atoms in total. The van der Waals surface area contributed by atoms with Gasteiger partial charge in [-0.05, 0) is 19.8 Å². The molecule has 2 aromatic heterocycles. The third kappa shape index (κ3) is 4.99. The lowest BCUT2D eigenvalue weighted by Gasteiger charge is -2.41. The van der Waals surface area contributed by atoms with Gasteiger partial charge in [0.2, 0.25) is 11.8 Å². The van der Waals surface area contributed by atoms with Crippen molar-refractivity contribution >= 4 is 29.0 Å². The van der Waals surface area contributed by atoms with Crippen molar-refractivity contribution in [2.24, 2.45) is 0 Å². The van der Waals surface area contributed by atoms with Crippen LogP contribution in [0.5, 0.6) is 11.6 Å². The predicted molar refractivity (Wildman–Crippen MR) is 118 cm³/mol. The maximum Gasteiger partial charge on any atom is 0.225 e. The summed E-state index contributed by atoms with van der Waals surface area (Å²) in [5.41, 5.74) is 7.80. The van der Waals surface area contributed by atoms with E-state index in [4.69, 9.17) is 31.8 Å². The van der Waals surface area contributed by atoms with E-state index in [1.165, 1.54) is 6.33 Å². The fourth-order valence-corrected chi connectivity index (χ4v) is 3.97. The average molecular weight is 447 g/mol. The molecule has 166 valence electrons. The zero-order valence-electron chi connectivity index (χ0n) is 17.8. The van der Waals surface area contributed by atoms with Crippen molar-refractivity contribution in [1.82, 2.24) is 19.9 Å². The van der Waals surface area contributed by atoms with E-state index in [1.54, 1.807) is 13.2 Å². The van der Waals surface area contributed by atoms with Crippen molar-refractivity contribution in [3.8, 4) is 11.6 Å². The number of halogens is 1. The highest BCUT2D eigenvalue weighted by Gasteiger charge is 2.33. The van der Waals surface area contributed by atoms with Gasteiger partial charge in [-0.1, -0.05) is 11.6 Å². The molecule has 1 amide bonds. The first-order valence-corrected chi connectivity index (χ1v) is 10.8. The maximum absolute atomic E-state index is 12.4. The predicted octanol–water partition coefficient (Wildman–Crippen LogP) is 2.85. The van der Waals surface area contributed by atoms with Crippen LogP contribution in [-0.4, -0.2) is 65.2 Å². The van der Waals surface area contributed by atoms with Crippen molar-refractivity contribution in [1.29, 1.82) is 0 Å². The number of ether oxygens (including phenoxy) is 2. The molecule has 2 aliphatic rings. The van der Waals surface area contributed by atoms with E-state index in [0.29, 0.717) is 61.0 Å². The van der Waals surface area contributed by atoms with Gasteiger partial charge in [0.25, 0.3) is 0 Å². The minimum atomic E-state index is 0.0581. The highest BCUT2D eigenvalue weighted by molar-refractivity contribution is 6.29. The highest BCUT2D eigenvalue weighted by Crippen LogP contribution is 2.46. The molecule has 0 aromatic carbocycles. The van der Waals surface area contributed by atoms with Crippen LogP contribution >= 0.6 is 11.6 Å². The summed E-state index contributed by atoms with van der Waals surface area (Å²) in [6.45, 7) is 4.45. The second kappa shape index (κ2) is 9.23. The first kappa shape index (κ1) is 21.6. The highest BCUT2D eigenvalue weighted by atomic mass is 35.5. The molecule has 1 atom stereocenters. The zero-order chi connectivity index (χ0) is 22.0. The molecule has 31 heavy (non-hydrogen) atoms. The second-order valence-corrected chi connectivity index (χ2v) is 8.35. The third-order valence-corrected chi connectivity index (χ3v) is 5.78. The molecule has 1 saturated carbocycles. The van der Waals surface area contributed by atoms with Crippen molar-refractivity contribution in [3.05, 3.63) is 29.3 Å². The zero-order valence-corrected chi connectivity index (χ0v) is 18.5. The van der Waals surface area contributed by atoms with E-state index in [0.717, 1.165) is 24.4 Å². The number of pyridine rings is 1. The number of nitrogens with zero attached hydrogens (tertiary/aromatic N) is 5. The molecule has 10 heteroatoms. The Labute approximate surface area is 186 Å². The molecule has 2 fully saturated rings. The van der Waals surface area contributed by atoms with Crippen LogP contribution in [0.15, 0.2) is 18.5 Å². The van der Waals surface area contributed by atoms with E-state index in [-0.39, 0.29) is 11.9 Å². The summed E-state index contributed by atoms with van der Waals surface area (Å²) in [6, 6.07) is 3.43. The van der Waals surface area contributed by atoms with Crippen LogP contribution in [0, 0.1) is 0 Å². The Morgan fingerprint density at radius 3 is 2.77 bits per heavy atom. The molecule has 0 unspecified atom stereocenters. The number of aromatic nitrogens is 3. The van der Waals surface area contributed by atoms with E-state index in [2.05, 4.69) is 14.9 Å². The van der Waals surface area contributed by atoms with Crippen molar-refractivity contribution in [2.75, 3.05) is 44.0 Å². The summed E-state index contributed by atoms with van der Waals surface area (Å²) in [4.78, 5) is 29.4. The SMILES string of the molecule is COCCC(=O)N1CCN(c2nc(C3CC3)c(Oc3cc(Cl)ncn3)cc2N)C[C@H]1C. The van der Waals surface area contributed by atoms with Gasteiger partial charge < -0.3 is 25.0 Å². The molecule has 1 aliphatic heterocycles. The fraction of sp³-hybridized carbons (Fsp3) is 0.524. The van der Waals surface area contributed by atoms with Crippen molar-refractivity contribution in [3.63, 3.8) is 0 Å². The fourth-order valence-electron chi connectivity index (χ4n) is 3.84. The van der Waals surface area contributed by atoms with Crippen LogP contribution in [0.2, 0.25) is 5.15 Å². The van der Waals surface area contributed by atoms with Gasteiger partial charge in [0.15, 0.2) is 11.6 Å². The van der Waals surface area contributed by atoms with Crippen LogP contribution in [0.25, 0.3) is 0 Å². The largest absolute Gasteiger partial charge is 0.437 e. The number of amides is 1. The number of rotatable bonds is 7. The molecule has 0 bridgehead atoms. The summed E-state index contributed by atoms with van der Waals surface area (Å²) in [5.74, 6) is 2.15. The number of nitrogen functional groups attached to an aromatic ring is 1. The van der Waals surface area contributed by atoms with Crippen LogP contribution < -0.4 is 15.4 Å². The van der Waals surface area contributed by atoms with Gasteiger partial charge in [-0.2, -0.15) is 0 Å². The van der Waals surface area contributed by atoms with E-state index >= 15 is 0 Å². The minimum Gasteiger partial charge on any atom is -0.437 e. The number of nitrogens with two attached hydrogens (primary N) is 1. The van der Waals surface area contributed by atoms with Gasteiger partial charge in [-0.3, -0.25) is 4.79 Å². The Kier molecular flexibility index (Phi) is 6.43. The van der Waals surface area contributed by atoms with Crippen molar-refractivity contribution < 1.29 is 14.3 Å². The Bertz CT molecular complexity index is 955. The summed E-state index contributed by atoms with van der Waals surface area (Å²) in [5, 5.41) is 0.308. The number of anilines is 2. The topological polar surface area (TPSA) is 107 Å². The van der Waals surface area contributed by atoms with E-state index in [1.807, 2.05) is 17.9 Å². The quantitative estimate of drug-likeness (QED) is 0.647. The monoisotopic (exact) mass is 446 g/mol. The van der Waals surface area contributed by atoms with Crippen LogP contribution in [0.1, 0.15) is 37.8 Å². The molecule has 1 aliphatic carbocycles. The number of carbonyl (C=O) groups excluding carboxylic acids is 1. The summed E-state index contributed by atoms with van der Waals surface area (Å²) < 4.78 is 11.0. The lowest BCUT2D eigenvalue weighted by Crippen LogP contribution is -2.54.